The quantitative estimate of drug-likeness (QED) is 0.234. The second-order valence-corrected chi connectivity index (χ2v) is 9.73. The van der Waals surface area contributed by atoms with Crippen LogP contribution in [0, 0.1) is 0 Å². The van der Waals surface area contributed by atoms with Crippen molar-refractivity contribution >= 4 is 11.0 Å². The van der Waals surface area contributed by atoms with Gasteiger partial charge in [-0.3, -0.25) is 4.79 Å². The molecule has 1 saturated heterocycles. The second-order valence-electron chi connectivity index (χ2n) is 9.73. The first kappa shape index (κ1) is 26.9. The average Bonchev–Trinajstić information content (AvgIpc) is 2.84. The van der Waals surface area contributed by atoms with Gasteiger partial charge in [-0.2, -0.15) is 0 Å². The fraction of sp³-hybridized carbons (Fsp3) is 0.423. The van der Waals surface area contributed by atoms with Crippen molar-refractivity contribution in [3.8, 4) is 28.4 Å². The first-order valence-corrected chi connectivity index (χ1v) is 11.7. The van der Waals surface area contributed by atoms with Gasteiger partial charge in [-0.05, 0) is 44.4 Å². The number of aromatic hydroxyl groups is 2. The third-order valence-electron chi connectivity index (χ3n) is 6.35. The number of phenolic OH excluding ortho intramolecular Hbond substituents is 2. The van der Waals surface area contributed by atoms with E-state index in [0.29, 0.717) is 5.56 Å². The fourth-order valence-corrected chi connectivity index (χ4v) is 4.22. The summed E-state index contributed by atoms with van der Waals surface area (Å²) < 4.78 is 17.0. The SMILES string of the molecule is CC(C)(O)CCc1c(O[C@@H]2O[C@H](CO)[C@@H](O)[C@H](O)[C@H]2O)cc(O)c2c(=O)c(-c3ccc(O)cc3)coc12. The fourth-order valence-electron chi connectivity index (χ4n) is 4.22. The highest BCUT2D eigenvalue weighted by molar-refractivity contribution is 5.91. The van der Waals surface area contributed by atoms with Gasteiger partial charge >= 0.3 is 0 Å². The Labute approximate surface area is 211 Å². The third-order valence-corrected chi connectivity index (χ3v) is 6.35. The lowest BCUT2D eigenvalue weighted by Crippen LogP contribution is -2.60. The molecule has 1 fully saturated rings. The predicted molar refractivity (Wildman–Crippen MR) is 130 cm³/mol. The molecule has 0 amide bonds. The maximum absolute atomic E-state index is 13.4. The van der Waals surface area contributed by atoms with Gasteiger partial charge < -0.3 is 49.6 Å². The lowest BCUT2D eigenvalue weighted by atomic mass is 9.95. The van der Waals surface area contributed by atoms with Crippen LogP contribution in [-0.2, 0) is 11.2 Å². The largest absolute Gasteiger partial charge is 0.508 e. The molecule has 1 aliphatic rings. The van der Waals surface area contributed by atoms with E-state index in [1.165, 1.54) is 30.5 Å². The molecule has 1 aromatic heterocycles. The summed E-state index contributed by atoms with van der Waals surface area (Å²) in [5.74, 6) is -0.532. The van der Waals surface area contributed by atoms with Crippen molar-refractivity contribution in [3.05, 3.63) is 52.4 Å². The summed E-state index contributed by atoms with van der Waals surface area (Å²) in [6.07, 6.45) is -6.22. The highest BCUT2D eigenvalue weighted by atomic mass is 16.7. The number of hydrogen-bond acceptors (Lipinski definition) is 11. The minimum atomic E-state index is -1.71. The van der Waals surface area contributed by atoms with Crippen molar-refractivity contribution in [3.63, 3.8) is 0 Å². The molecule has 0 saturated carbocycles. The van der Waals surface area contributed by atoms with E-state index < -0.39 is 54.1 Å². The maximum Gasteiger partial charge on any atom is 0.229 e. The van der Waals surface area contributed by atoms with Crippen molar-refractivity contribution < 1.29 is 49.6 Å². The number of ether oxygens (including phenoxy) is 2. The zero-order valence-electron chi connectivity index (χ0n) is 20.2. The summed E-state index contributed by atoms with van der Waals surface area (Å²) in [6.45, 7) is 2.52. The van der Waals surface area contributed by atoms with Gasteiger partial charge in [-0.1, -0.05) is 12.1 Å². The molecule has 7 N–H and O–H groups in total. The monoisotopic (exact) mass is 518 g/mol. The molecule has 11 nitrogen and oxygen atoms in total. The number of aliphatic hydroxyl groups is 5. The van der Waals surface area contributed by atoms with Gasteiger partial charge in [0.25, 0.3) is 0 Å². The lowest BCUT2D eigenvalue weighted by molar-refractivity contribution is -0.277. The molecule has 11 heteroatoms. The number of fused-ring (bicyclic) bond motifs is 1. The van der Waals surface area contributed by atoms with Gasteiger partial charge in [-0.15, -0.1) is 0 Å². The molecule has 1 aliphatic heterocycles. The molecule has 0 aliphatic carbocycles. The van der Waals surface area contributed by atoms with Crippen LogP contribution in [0.3, 0.4) is 0 Å². The smallest absolute Gasteiger partial charge is 0.229 e. The average molecular weight is 519 g/mol. The summed E-state index contributed by atoms with van der Waals surface area (Å²) >= 11 is 0. The van der Waals surface area contributed by atoms with E-state index in [1.54, 1.807) is 13.8 Å². The van der Waals surface area contributed by atoms with Crippen LogP contribution in [0.5, 0.6) is 17.2 Å². The maximum atomic E-state index is 13.4. The molecule has 200 valence electrons. The number of aryl methyl sites for hydroxylation is 1. The molecule has 0 bridgehead atoms. The van der Waals surface area contributed by atoms with Gasteiger partial charge in [-0.25, -0.2) is 0 Å². The Kier molecular flexibility index (Phi) is 7.47. The summed E-state index contributed by atoms with van der Waals surface area (Å²) in [6, 6.07) is 7.00. The third kappa shape index (κ3) is 5.42. The van der Waals surface area contributed by atoms with Gasteiger partial charge in [0.2, 0.25) is 11.7 Å². The van der Waals surface area contributed by atoms with Crippen molar-refractivity contribution in [1.29, 1.82) is 0 Å². The molecule has 4 rings (SSSR count). The minimum Gasteiger partial charge on any atom is -0.508 e. The van der Waals surface area contributed by atoms with Crippen molar-refractivity contribution in [2.75, 3.05) is 6.61 Å². The van der Waals surface area contributed by atoms with Crippen LogP contribution >= 0.6 is 0 Å². The van der Waals surface area contributed by atoms with Gasteiger partial charge in [0.05, 0.1) is 17.8 Å². The Morgan fingerprint density at radius 3 is 2.32 bits per heavy atom. The topological polar surface area (TPSA) is 190 Å². The second kappa shape index (κ2) is 10.3. The van der Waals surface area contributed by atoms with Crippen LogP contribution in [0.1, 0.15) is 25.8 Å². The van der Waals surface area contributed by atoms with Crippen molar-refractivity contribution in [2.45, 2.75) is 63.0 Å². The zero-order valence-corrected chi connectivity index (χ0v) is 20.2. The molecule has 5 atom stereocenters. The van der Waals surface area contributed by atoms with E-state index >= 15 is 0 Å². The van der Waals surface area contributed by atoms with E-state index in [1.807, 2.05) is 0 Å². The predicted octanol–water partition coefficient (Wildman–Crippen LogP) is 0.753. The molecular weight excluding hydrogens is 488 g/mol. The summed E-state index contributed by atoms with van der Waals surface area (Å²) in [4.78, 5) is 13.4. The Balaban J connectivity index is 1.82. The van der Waals surface area contributed by atoms with E-state index in [0.717, 1.165) is 6.07 Å². The Hall–Kier alpha value is -3.19. The first-order chi connectivity index (χ1) is 17.4. The molecule has 2 heterocycles. The number of benzene rings is 2. The number of aliphatic hydroxyl groups excluding tert-OH is 4. The summed E-state index contributed by atoms with van der Waals surface area (Å²) in [5, 5.41) is 70.6. The van der Waals surface area contributed by atoms with Crippen LogP contribution in [0.25, 0.3) is 22.1 Å². The first-order valence-electron chi connectivity index (χ1n) is 11.7. The standard InChI is InChI=1S/C26H30O11/c1-26(2,34)8-7-14-17(36-25-23(33)22(32)21(31)18(10-27)37-25)9-16(29)19-20(30)15(11-35-24(14)19)12-3-5-13(28)6-4-12/h3-6,9,11,18,21-23,25,27-29,31-34H,7-8,10H2,1-2H3/t18-,21-,22+,23-,25-/m1/s1. The number of rotatable bonds is 7. The zero-order chi connectivity index (χ0) is 27.1. The normalized spacial score (nSPS) is 24.4. The Bertz CT molecular complexity index is 1310. The van der Waals surface area contributed by atoms with Crippen molar-refractivity contribution in [2.24, 2.45) is 0 Å². The van der Waals surface area contributed by atoms with Gasteiger partial charge in [0.1, 0.15) is 58.9 Å². The number of hydrogen-bond donors (Lipinski definition) is 7. The van der Waals surface area contributed by atoms with Crippen LogP contribution in [0.2, 0.25) is 0 Å². The van der Waals surface area contributed by atoms with E-state index in [9.17, 15) is 40.5 Å². The molecule has 0 radical (unpaired) electrons. The Morgan fingerprint density at radius 2 is 1.70 bits per heavy atom. The van der Waals surface area contributed by atoms with Gasteiger partial charge in [0, 0.05) is 11.6 Å². The molecule has 37 heavy (non-hydrogen) atoms. The summed E-state index contributed by atoms with van der Waals surface area (Å²) in [5.41, 5.74) is -0.811. The minimum absolute atomic E-state index is 0.0145. The van der Waals surface area contributed by atoms with E-state index in [2.05, 4.69) is 0 Å². The van der Waals surface area contributed by atoms with Crippen LogP contribution in [0.15, 0.2) is 45.8 Å². The molecule has 0 unspecified atom stereocenters. The molecule has 2 aromatic carbocycles. The number of phenols is 2. The molecular formula is C26H30O11. The van der Waals surface area contributed by atoms with Crippen LogP contribution in [-0.4, -0.2) is 78.7 Å². The van der Waals surface area contributed by atoms with E-state index in [-0.39, 0.29) is 46.4 Å². The summed E-state index contributed by atoms with van der Waals surface area (Å²) in [7, 11) is 0. The molecule has 3 aromatic rings. The highest BCUT2D eigenvalue weighted by Crippen LogP contribution is 2.38. The Morgan fingerprint density at radius 1 is 1.03 bits per heavy atom. The van der Waals surface area contributed by atoms with Crippen LogP contribution < -0.4 is 10.2 Å². The lowest BCUT2D eigenvalue weighted by Gasteiger charge is -2.39. The highest BCUT2D eigenvalue weighted by Gasteiger charge is 2.45. The van der Waals surface area contributed by atoms with E-state index in [4.69, 9.17) is 13.9 Å². The van der Waals surface area contributed by atoms with Crippen LogP contribution in [0.4, 0.5) is 0 Å². The molecule has 0 spiro atoms. The van der Waals surface area contributed by atoms with Crippen molar-refractivity contribution in [1.82, 2.24) is 0 Å². The van der Waals surface area contributed by atoms with Gasteiger partial charge in [0.15, 0.2) is 0 Å².